The molecule has 0 bridgehead atoms. The first-order valence-corrected chi connectivity index (χ1v) is 5.57. The number of carboxylic acid groups (broad SMARTS) is 1. The third-order valence-corrected chi connectivity index (χ3v) is 2.59. The van der Waals surface area contributed by atoms with Crippen LogP contribution in [0, 0.1) is 10.1 Å². The summed E-state index contributed by atoms with van der Waals surface area (Å²) in [7, 11) is 0. The molecule has 1 heterocycles. The lowest BCUT2D eigenvalue weighted by Gasteiger charge is -2.01. The van der Waals surface area contributed by atoms with Gasteiger partial charge in [-0.3, -0.25) is 14.9 Å². The molecular formula is C12H11N3O4. The second kappa shape index (κ2) is 5.30. The number of benzene rings is 1. The van der Waals surface area contributed by atoms with Gasteiger partial charge in [-0.2, -0.15) is 5.10 Å². The van der Waals surface area contributed by atoms with E-state index < -0.39 is 10.9 Å². The maximum atomic E-state index is 10.9. The van der Waals surface area contributed by atoms with E-state index in [1.165, 1.54) is 16.9 Å². The minimum atomic E-state index is -0.890. The molecule has 1 N–H and O–H groups in total. The number of nitro groups is 1. The van der Waals surface area contributed by atoms with E-state index in [1.54, 1.807) is 24.4 Å². The Morgan fingerprint density at radius 2 is 2.16 bits per heavy atom. The summed E-state index contributed by atoms with van der Waals surface area (Å²) in [6, 6.07) is 6.25. The maximum absolute atomic E-state index is 10.9. The van der Waals surface area contributed by atoms with Gasteiger partial charge in [-0.25, -0.2) is 4.68 Å². The maximum Gasteiger partial charge on any atom is 0.303 e. The number of rotatable bonds is 5. The van der Waals surface area contributed by atoms with Crippen molar-refractivity contribution in [2.24, 2.45) is 0 Å². The molecule has 19 heavy (non-hydrogen) atoms. The van der Waals surface area contributed by atoms with Crippen LogP contribution in [-0.2, 0) is 11.2 Å². The third-order valence-electron chi connectivity index (χ3n) is 2.59. The van der Waals surface area contributed by atoms with Gasteiger partial charge in [-0.1, -0.05) is 12.1 Å². The average Bonchev–Trinajstić information content (AvgIpc) is 2.85. The van der Waals surface area contributed by atoms with Crippen LogP contribution >= 0.6 is 0 Å². The fraction of sp³-hybridized carbons (Fsp3) is 0.167. The van der Waals surface area contributed by atoms with Gasteiger partial charge < -0.3 is 5.11 Å². The van der Waals surface area contributed by atoms with Crippen LogP contribution < -0.4 is 0 Å². The number of para-hydroxylation sites is 2. The second-order valence-electron chi connectivity index (χ2n) is 3.93. The number of carboxylic acids is 1. The molecule has 1 aromatic carbocycles. The summed E-state index contributed by atoms with van der Waals surface area (Å²) in [5.41, 5.74) is 1.03. The Labute approximate surface area is 108 Å². The molecule has 0 spiro atoms. The molecule has 98 valence electrons. The molecule has 0 saturated carbocycles. The Kier molecular flexibility index (Phi) is 3.56. The van der Waals surface area contributed by atoms with Gasteiger partial charge in [0.05, 0.1) is 11.1 Å². The number of hydrogen-bond donors (Lipinski definition) is 1. The van der Waals surface area contributed by atoms with Crippen molar-refractivity contribution in [1.29, 1.82) is 0 Å². The number of carbonyl (C=O) groups is 1. The van der Waals surface area contributed by atoms with Crippen molar-refractivity contribution in [2.75, 3.05) is 0 Å². The van der Waals surface area contributed by atoms with Gasteiger partial charge in [0.15, 0.2) is 0 Å². The lowest BCUT2D eigenvalue weighted by atomic mass is 10.2. The number of aliphatic carboxylic acids is 1. The van der Waals surface area contributed by atoms with Crippen LogP contribution in [0.4, 0.5) is 5.69 Å². The number of hydrogen-bond acceptors (Lipinski definition) is 4. The highest BCUT2D eigenvalue weighted by Gasteiger charge is 2.15. The lowest BCUT2D eigenvalue weighted by Crippen LogP contribution is -2.00. The SMILES string of the molecule is O=C(O)CCc1cnn(-c2ccccc2[N+](=O)[O-])c1. The van der Waals surface area contributed by atoms with Gasteiger partial charge in [0, 0.05) is 18.7 Å². The predicted octanol–water partition coefficient (Wildman–Crippen LogP) is 1.80. The van der Waals surface area contributed by atoms with Crippen LogP contribution in [0.3, 0.4) is 0 Å². The number of nitro benzene ring substituents is 1. The van der Waals surface area contributed by atoms with Gasteiger partial charge in [-0.15, -0.1) is 0 Å². The highest BCUT2D eigenvalue weighted by molar-refractivity contribution is 5.67. The molecule has 1 aromatic heterocycles. The average molecular weight is 261 g/mol. The largest absolute Gasteiger partial charge is 0.481 e. The third kappa shape index (κ3) is 2.95. The molecule has 0 aliphatic heterocycles. The predicted molar refractivity (Wildman–Crippen MR) is 66.2 cm³/mol. The highest BCUT2D eigenvalue weighted by atomic mass is 16.6. The van der Waals surface area contributed by atoms with E-state index >= 15 is 0 Å². The van der Waals surface area contributed by atoms with Gasteiger partial charge in [0.2, 0.25) is 0 Å². The zero-order chi connectivity index (χ0) is 13.8. The molecule has 0 aliphatic rings. The van der Waals surface area contributed by atoms with E-state index in [-0.39, 0.29) is 12.1 Å². The fourth-order valence-electron chi connectivity index (χ4n) is 1.68. The zero-order valence-electron chi connectivity index (χ0n) is 9.89. The van der Waals surface area contributed by atoms with Crippen molar-refractivity contribution in [3.05, 3.63) is 52.3 Å². The monoisotopic (exact) mass is 261 g/mol. The Morgan fingerprint density at radius 3 is 2.84 bits per heavy atom. The first-order valence-electron chi connectivity index (χ1n) is 5.57. The topological polar surface area (TPSA) is 98.3 Å². The summed E-state index contributed by atoms with van der Waals surface area (Å²) in [4.78, 5) is 20.9. The van der Waals surface area contributed by atoms with Crippen molar-refractivity contribution in [1.82, 2.24) is 9.78 Å². The number of nitrogens with zero attached hydrogens (tertiary/aromatic N) is 3. The first kappa shape index (κ1) is 12.7. The molecule has 7 nitrogen and oxygen atoms in total. The summed E-state index contributed by atoms with van der Waals surface area (Å²) < 4.78 is 1.38. The highest BCUT2D eigenvalue weighted by Crippen LogP contribution is 2.21. The fourth-order valence-corrected chi connectivity index (χ4v) is 1.68. The van der Waals surface area contributed by atoms with Crippen LogP contribution in [0.5, 0.6) is 0 Å². The molecule has 2 aromatic rings. The van der Waals surface area contributed by atoms with Crippen LogP contribution in [0.2, 0.25) is 0 Å². The Bertz CT molecular complexity index is 621. The molecular weight excluding hydrogens is 250 g/mol. The van der Waals surface area contributed by atoms with Gasteiger partial charge in [0.1, 0.15) is 5.69 Å². The number of aryl methyl sites for hydroxylation is 1. The Hall–Kier alpha value is -2.70. The lowest BCUT2D eigenvalue weighted by molar-refractivity contribution is -0.384. The van der Waals surface area contributed by atoms with E-state index in [0.29, 0.717) is 12.1 Å². The van der Waals surface area contributed by atoms with Crippen molar-refractivity contribution < 1.29 is 14.8 Å². The van der Waals surface area contributed by atoms with E-state index in [9.17, 15) is 14.9 Å². The quantitative estimate of drug-likeness (QED) is 0.653. The summed E-state index contributed by atoms with van der Waals surface area (Å²) in [6.45, 7) is 0. The standard InChI is InChI=1S/C12H11N3O4/c16-12(17)6-5-9-7-13-14(8-9)10-3-1-2-4-11(10)15(18)19/h1-4,7-8H,5-6H2,(H,16,17). The van der Waals surface area contributed by atoms with Crippen LogP contribution in [0.15, 0.2) is 36.7 Å². The van der Waals surface area contributed by atoms with E-state index in [0.717, 1.165) is 5.56 Å². The van der Waals surface area contributed by atoms with Crippen LogP contribution in [-0.4, -0.2) is 25.8 Å². The van der Waals surface area contributed by atoms with E-state index in [4.69, 9.17) is 5.11 Å². The van der Waals surface area contributed by atoms with Gasteiger partial charge >= 0.3 is 5.97 Å². The van der Waals surface area contributed by atoms with Gasteiger partial charge in [0.25, 0.3) is 5.69 Å². The summed E-state index contributed by atoms with van der Waals surface area (Å²) in [5.74, 6) is -0.890. The molecule has 0 amide bonds. The summed E-state index contributed by atoms with van der Waals surface area (Å²) in [6.07, 6.45) is 3.46. The molecule has 0 fully saturated rings. The summed E-state index contributed by atoms with van der Waals surface area (Å²) in [5, 5.41) is 23.5. The molecule has 0 atom stereocenters. The molecule has 0 unspecified atom stereocenters. The van der Waals surface area contributed by atoms with Crippen molar-refractivity contribution in [3.8, 4) is 5.69 Å². The second-order valence-corrected chi connectivity index (χ2v) is 3.93. The first-order chi connectivity index (χ1) is 9.08. The van der Waals surface area contributed by atoms with Crippen LogP contribution in [0.1, 0.15) is 12.0 Å². The smallest absolute Gasteiger partial charge is 0.303 e. The normalized spacial score (nSPS) is 10.3. The van der Waals surface area contributed by atoms with Crippen molar-refractivity contribution in [2.45, 2.75) is 12.8 Å². The zero-order valence-corrected chi connectivity index (χ0v) is 9.89. The molecule has 0 aliphatic carbocycles. The van der Waals surface area contributed by atoms with Crippen LogP contribution in [0.25, 0.3) is 5.69 Å². The molecule has 0 saturated heterocycles. The molecule has 7 heteroatoms. The Morgan fingerprint density at radius 1 is 1.42 bits per heavy atom. The van der Waals surface area contributed by atoms with Crippen molar-refractivity contribution >= 4 is 11.7 Å². The van der Waals surface area contributed by atoms with Gasteiger partial charge in [-0.05, 0) is 18.1 Å². The van der Waals surface area contributed by atoms with E-state index in [2.05, 4.69) is 5.10 Å². The molecule has 2 rings (SSSR count). The minimum Gasteiger partial charge on any atom is -0.481 e. The number of aromatic nitrogens is 2. The van der Waals surface area contributed by atoms with Crippen molar-refractivity contribution in [3.63, 3.8) is 0 Å². The molecule has 0 radical (unpaired) electrons. The minimum absolute atomic E-state index is 0.00256. The Balaban J connectivity index is 2.28. The summed E-state index contributed by atoms with van der Waals surface area (Å²) >= 11 is 0. The van der Waals surface area contributed by atoms with E-state index in [1.807, 2.05) is 0 Å².